The fourth-order valence-corrected chi connectivity index (χ4v) is 2.39. The van der Waals surface area contributed by atoms with Crippen LogP contribution in [-0.4, -0.2) is 19.9 Å². The van der Waals surface area contributed by atoms with Crippen molar-refractivity contribution in [3.8, 4) is 0 Å². The summed E-state index contributed by atoms with van der Waals surface area (Å²) in [5, 5.41) is 0.586. The van der Waals surface area contributed by atoms with Gasteiger partial charge in [-0.05, 0) is 36.4 Å². The van der Waals surface area contributed by atoms with Crippen molar-refractivity contribution in [2.45, 2.75) is 0 Å². The molecule has 0 bridgehead atoms. The van der Waals surface area contributed by atoms with E-state index in [1.165, 1.54) is 0 Å². The Hall–Kier alpha value is -3.21. The lowest BCUT2D eigenvalue weighted by atomic mass is 10.2. The average Bonchev–Trinajstić information content (AvgIpc) is 2.96. The molecule has 4 aromatic rings. The number of fused-ring (bicyclic) bond motifs is 2. The maximum atomic E-state index is 12.0. The summed E-state index contributed by atoms with van der Waals surface area (Å²) in [6.45, 7) is 0. The van der Waals surface area contributed by atoms with E-state index in [1.807, 2.05) is 42.5 Å². The minimum absolute atomic E-state index is 0.144. The molecule has 0 radical (unpaired) electrons. The van der Waals surface area contributed by atoms with Gasteiger partial charge in [0.25, 0.3) is 5.56 Å². The molecule has 0 aliphatic rings. The number of hydrogen-bond donors (Lipinski definition) is 2. The zero-order valence-corrected chi connectivity index (χ0v) is 11.6. The SMILES string of the molecule is O=c1[nH]c(C=Cc2nc3ccccc3[nH]2)nc2ccccc12. The number of para-hydroxylation sites is 3. The predicted molar refractivity (Wildman–Crippen MR) is 87.4 cm³/mol. The molecule has 5 heteroatoms. The second-order valence-corrected chi connectivity index (χ2v) is 4.94. The molecule has 0 aliphatic carbocycles. The molecule has 2 aromatic heterocycles. The number of nitrogens with zero attached hydrogens (tertiary/aromatic N) is 2. The molecule has 22 heavy (non-hydrogen) atoms. The Morgan fingerprint density at radius 2 is 1.41 bits per heavy atom. The molecule has 0 aliphatic heterocycles. The maximum Gasteiger partial charge on any atom is 0.259 e. The van der Waals surface area contributed by atoms with Gasteiger partial charge in [-0.3, -0.25) is 4.79 Å². The quantitative estimate of drug-likeness (QED) is 0.595. The van der Waals surface area contributed by atoms with Crippen LogP contribution in [0.25, 0.3) is 34.1 Å². The zero-order valence-electron chi connectivity index (χ0n) is 11.6. The third-order valence-corrected chi connectivity index (χ3v) is 3.44. The van der Waals surface area contributed by atoms with Gasteiger partial charge in [-0.25, -0.2) is 9.97 Å². The second kappa shape index (κ2) is 4.96. The van der Waals surface area contributed by atoms with Crippen molar-refractivity contribution in [2.75, 3.05) is 0 Å². The van der Waals surface area contributed by atoms with Gasteiger partial charge in [-0.1, -0.05) is 24.3 Å². The molecular formula is C17H12N4O. The predicted octanol–water partition coefficient (Wildman–Crippen LogP) is 2.97. The zero-order chi connectivity index (χ0) is 14.9. The number of hydrogen-bond acceptors (Lipinski definition) is 3. The molecule has 0 atom stereocenters. The highest BCUT2D eigenvalue weighted by Gasteiger charge is 2.01. The summed E-state index contributed by atoms with van der Waals surface area (Å²) in [6, 6.07) is 15.1. The first-order chi connectivity index (χ1) is 10.8. The van der Waals surface area contributed by atoms with Gasteiger partial charge in [0.2, 0.25) is 0 Å². The molecule has 5 nitrogen and oxygen atoms in total. The van der Waals surface area contributed by atoms with Gasteiger partial charge in [0.15, 0.2) is 0 Å². The Morgan fingerprint density at radius 3 is 2.23 bits per heavy atom. The Bertz CT molecular complexity index is 1030. The first kappa shape index (κ1) is 12.5. The number of H-pyrrole nitrogens is 2. The molecular weight excluding hydrogens is 276 g/mol. The van der Waals surface area contributed by atoms with Crippen LogP contribution in [0.3, 0.4) is 0 Å². The smallest absolute Gasteiger partial charge is 0.259 e. The van der Waals surface area contributed by atoms with Crippen LogP contribution in [0, 0.1) is 0 Å². The van der Waals surface area contributed by atoms with Crippen LogP contribution in [-0.2, 0) is 0 Å². The van der Waals surface area contributed by atoms with Crippen LogP contribution in [0.4, 0.5) is 0 Å². The number of rotatable bonds is 2. The van der Waals surface area contributed by atoms with Crippen molar-refractivity contribution >= 4 is 34.1 Å². The highest BCUT2D eigenvalue weighted by atomic mass is 16.1. The van der Waals surface area contributed by atoms with Gasteiger partial charge in [0.1, 0.15) is 11.6 Å². The number of aromatic nitrogens is 4. The highest BCUT2D eigenvalue weighted by Crippen LogP contribution is 2.12. The number of nitrogens with one attached hydrogen (secondary N) is 2. The first-order valence-electron chi connectivity index (χ1n) is 6.91. The molecule has 0 saturated heterocycles. The van der Waals surface area contributed by atoms with Crippen LogP contribution in [0.15, 0.2) is 53.3 Å². The van der Waals surface area contributed by atoms with E-state index in [2.05, 4.69) is 19.9 Å². The molecule has 0 fully saturated rings. The monoisotopic (exact) mass is 288 g/mol. The molecule has 0 saturated carbocycles. The Morgan fingerprint density at radius 1 is 0.773 bits per heavy atom. The standard InChI is InChI=1S/C17H12N4O/c22-17-11-5-1-2-6-12(11)18-16(21-17)10-9-15-19-13-7-3-4-8-14(13)20-15/h1-10H,(H,19,20)(H,18,21,22). The maximum absolute atomic E-state index is 12.0. The molecule has 2 heterocycles. The van der Waals surface area contributed by atoms with Crippen molar-refractivity contribution in [3.63, 3.8) is 0 Å². The Labute approximate surface area is 125 Å². The van der Waals surface area contributed by atoms with E-state index in [0.717, 1.165) is 16.9 Å². The fourth-order valence-electron chi connectivity index (χ4n) is 2.39. The van der Waals surface area contributed by atoms with Gasteiger partial charge in [-0.15, -0.1) is 0 Å². The second-order valence-electron chi connectivity index (χ2n) is 4.94. The third kappa shape index (κ3) is 2.18. The molecule has 106 valence electrons. The van der Waals surface area contributed by atoms with E-state index in [4.69, 9.17) is 0 Å². The molecule has 0 spiro atoms. The van der Waals surface area contributed by atoms with E-state index in [9.17, 15) is 4.79 Å². The van der Waals surface area contributed by atoms with E-state index in [-0.39, 0.29) is 5.56 Å². The molecule has 2 aromatic carbocycles. The number of benzene rings is 2. The highest BCUT2D eigenvalue weighted by molar-refractivity contribution is 5.80. The summed E-state index contributed by atoms with van der Waals surface area (Å²) in [5.74, 6) is 1.22. The average molecular weight is 288 g/mol. The first-order valence-corrected chi connectivity index (χ1v) is 6.91. The van der Waals surface area contributed by atoms with Crippen LogP contribution in [0.5, 0.6) is 0 Å². The normalized spacial score (nSPS) is 11.6. The van der Waals surface area contributed by atoms with Gasteiger partial charge in [0.05, 0.1) is 21.9 Å². The van der Waals surface area contributed by atoms with Gasteiger partial charge in [0, 0.05) is 0 Å². The Kier molecular flexibility index (Phi) is 2.83. The van der Waals surface area contributed by atoms with Crippen LogP contribution in [0.1, 0.15) is 11.6 Å². The molecule has 2 N–H and O–H groups in total. The summed E-state index contributed by atoms with van der Waals surface area (Å²) in [4.78, 5) is 26.8. The van der Waals surface area contributed by atoms with Crippen LogP contribution in [0.2, 0.25) is 0 Å². The van der Waals surface area contributed by atoms with Gasteiger partial charge in [-0.2, -0.15) is 0 Å². The van der Waals surface area contributed by atoms with Crippen molar-refractivity contribution in [2.24, 2.45) is 0 Å². The van der Waals surface area contributed by atoms with Gasteiger partial charge < -0.3 is 9.97 Å². The lowest BCUT2D eigenvalue weighted by Crippen LogP contribution is -2.09. The molecule has 0 amide bonds. The van der Waals surface area contributed by atoms with Crippen molar-refractivity contribution in [1.29, 1.82) is 0 Å². The van der Waals surface area contributed by atoms with Crippen molar-refractivity contribution in [1.82, 2.24) is 19.9 Å². The molecule has 0 unspecified atom stereocenters. The van der Waals surface area contributed by atoms with Crippen molar-refractivity contribution in [3.05, 3.63) is 70.5 Å². The summed E-state index contributed by atoms with van der Waals surface area (Å²) in [7, 11) is 0. The fraction of sp³-hybridized carbons (Fsp3) is 0. The summed E-state index contributed by atoms with van der Waals surface area (Å²) in [6.07, 6.45) is 3.54. The van der Waals surface area contributed by atoms with E-state index < -0.39 is 0 Å². The molecule has 4 rings (SSSR count). The topological polar surface area (TPSA) is 74.4 Å². The number of imidazole rings is 1. The van der Waals surface area contributed by atoms with Crippen molar-refractivity contribution < 1.29 is 0 Å². The largest absolute Gasteiger partial charge is 0.338 e. The van der Waals surface area contributed by atoms with E-state index in [0.29, 0.717) is 16.7 Å². The van der Waals surface area contributed by atoms with E-state index in [1.54, 1.807) is 18.2 Å². The Balaban J connectivity index is 1.74. The lowest BCUT2D eigenvalue weighted by molar-refractivity contribution is 1.14. The minimum atomic E-state index is -0.144. The minimum Gasteiger partial charge on any atom is -0.338 e. The lowest BCUT2D eigenvalue weighted by Gasteiger charge is -1.97. The summed E-state index contributed by atoms with van der Waals surface area (Å²) < 4.78 is 0. The van der Waals surface area contributed by atoms with Crippen LogP contribution < -0.4 is 5.56 Å². The number of aromatic amines is 2. The van der Waals surface area contributed by atoms with E-state index >= 15 is 0 Å². The summed E-state index contributed by atoms with van der Waals surface area (Å²) >= 11 is 0. The third-order valence-electron chi connectivity index (χ3n) is 3.44. The van der Waals surface area contributed by atoms with Crippen LogP contribution >= 0.6 is 0 Å². The summed E-state index contributed by atoms with van der Waals surface area (Å²) in [5.41, 5.74) is 2.41. The van der Waals surface area contributed by atoms with Gasteiger partial charge >= 0.3 is 0 Å².